The molecule has 0 saturated carbocycles. The van der Waals surface area contributed by atoms with E-state index in [2.05, 4.69) is 52.2 Å². The summed E-state index contributed by atoms with van der Waals surface area (Å²) in [6.45, 7) is -6.00. The molecule has 0 unspecified atom stereocenters. The normalized spacial score (nSPS) is 13.8. The van der Waals surface area contributed by atoms with E-state index in [0.717, 1.165) is 31.4 Å². The van der Waals surface area contributed by atoms with Crippen molar-refractivity contribution in [2.45, 2.75) is 101 Å². The number of carbonyl (C=O) groups excluding carboxylic acids is 15. The van der Waals surface area contributed by atoms with E-state index in [9.17, 15) is 96.5 Å². The number of nitrogens with zero attached hydrogens (tertiary/aromatic N) is 10. The molecule has 126 heavy (non-hydrogen) atoms. The fourth-order valence-corrected chi connectivity index (χ4v) is 12.2. The molecule has 692 valence electrons. The number of hydrogen-bond acceptors (Lipinski definition) is 24. The highest BCUT2D eigenvalue weighted by atomic mass is 16.4. The lowest BCUT2D eigenvalue weighted by Crippen LogP contribution is -2.53. The number of rotatable bonds is 47. The number of carboxylic acid groups (broad SMARTS) is 3. The summed E-state index contributed by atoms with van der Waals surface area (Å²) in [6.07, 6.45) is -2.24. The Morgan fingerprint density at radius 1 is 0.452 bits per heavy atom. The predicted octanol–water partition coefficient (Wildman–Crippen LogP) is -10.3. The van der Waals surface area contributed by atoms with Crippen molar-refractivity contribution >= 4 is 124 Å². The molecule has 0 radical (unpaired) electrons. The fraction of sp³-hybridized carbons (Fsp3) is 0.500. The maximum atomic E-state index is 13.4. The third kappa shape index (κ3) is 47.3. The van der Waals surface area contributed by atoms with E-state index in [0.29, 0.717) is 19.3 Å². The second kappa shape index (κ2) is 58.7. The Morgan fingerprint density at radius 2 is 0.833 bits per heavy atom. The van der Waals surface area contributed by atoms with E-state index in [-0.39, 0.29) is 167 Å². The van der Waals surface area contributed by atoms with Gasteiger partial charge in [0, 0.05) is 116 Å². The molecule has 48 heteroatoms. The van der Waals surface area contributed by atoms with Gasteiger partial charge in [-0.3, -0.25) is 101 Å². The monoisotopic (exact) mass is 1770 g/mol. The van der Waals surface area contributed by atoms with Gasteiger partial charge in [-0.15, -0.1) is 0 Å². The van der Waals surface area contributed by atoms with E-state index in [4.69, 9.17) is 62.4 Å². The molecular formula is C78H119N27O21. The summed E-state index contributed by atoms with van der Waals surface area (Å²) < 4.78 is 0. The van der Waals surface area contributed by atoms with Gasteiger partial charge >= 0.3 is 17.9 Å². The number of nitrogens with one attached hydrogen (secondary N) is 7. The number of carboxylic acids is 3. The van der Waals surface area contributed by atoms with E-state index in [1.807, 2.05) is 91.0 Å². The summed E-state index contributed by atoms with van der Waals surface area (Å²) in [7, 11) is 0. The van der Waals surface area contributed by atoms with Crippen molar-refractivity contribution in [2.24, 2.45) is 72.3 Å². The van der Waals surface area contributed by atoms with Crippen LogP contribution in [-0.4, -0.2) is 349 Å². The average molecular weight is 1770 g/mol. The van der Waals surface area contributed by atoms with Gasteiger partial charge in [0.25, 0.3) is 0 Å². The summed E-state index contributed by atoms with van der Waals surface area (Å²) in [6, 6.07) is 24.2. The molecule has 0 aliphatic carbocycles. The average Bonchev–Trinajstić information content (AvgIpc) is 0.860. The maximum absolute atomic E-state index is 13.4. The zero-order chi connectivity index (χ0) is 93.6. The Morgan fingerprint density at radius 3 is 1.25 bits per heavy atom. The maximum Gasteiger partial charge on any atom is 0.312 e. The van der Waals surface area contributed by atoms with Crippen LogP contribution in [0.4, 0.5) is 0 Å². The van der Waals surface area contributed by atoms with Gasteiger partial charge < -0.3 is 144 Å². The first-order valence-corrected chi connectivity index (χ1v) is 40.1. The van der Waals surface area contributed by atoms with Crippen LogP contribution in [0.5, 0.6) is 0 Å². The first kappa shape index (κ1) is 106. The van der Waals surface area contributed by atoms with E-state index < -0.39 is 190 Å². The van der Waals surface area contributed by atoms with Crippen LogP contribution in [-0.2, 0) is 106 Å². The molecule has 4 rings (SSSR count). The smallest absolute Gasteiger partial charge is 0.312 e. The van der Waals surface area contributed by atoms with Gasteiger partial charge in [0.15, 0.2) is 17.9 Å². The first-order chi connectivity index (χ1) is 59.8. The van der Waals surface area contributed by atoms with Crippen LogP contribution in [0.3, 0.4) is 0 Å². The molecule has 30 N–H and O–H groups in total. The topological polar surface area (TPSA) is 772 Å². The molecule has 1 heterocycles. The molecule has 0 spiro atoms. The van der Waals surface area contributed by atoms with Crippen LogP contribution < -0.4 is 94.6 Å². The number of amides is 15. The summed E-state index contributed by atoms with van der Waals surface area (Å²) in [5.74, 6) is -15.9. The Bertz CT molecular complexity index is 4210. The van der Waals surface area contributed by atoms with Crippen LogP contribution in [0.25, 0.3) is 0 Å². The molecule has 0 bridgehead atoms. The van der Waals surface area contributed by atoms with Crippen LogP contribution in [0.1, 0.15) is 74.5 Å². The molecule has 4 atom stereocenters. The van der Waals surface area contributed by atoms with Gasteiger partial charge in [0.1, 0.15) is 25.3 Å². The third-order valence-corrected chi connectivity index (χ3v) is 18.1. The Labute approximate surface area is 726 Å². The fourth-order valence-electron chi connectivity index (χ4n) is 12.2. The highest BCUT2D eigenvalue weighted by molar-refractivity contribution is 5.98. The van der Waals surface area contributed by atoms with E-state index >= 15 is 0 Å². The minimum Gasteiger partial charge on any atom is -0.481 e. The number of primary amides is 1. The molecule has 1 fully saturated rings. The van der Waals surface area contributed by atoms with Gasteiger partial charge in [-0.05, 0) is 55.3 Å². The summed E-state index contributed by atoms with van der Waals surface area (Å²) in [5, 5.41) is 45.6. The van der Waals surface area contributed by atoms with Crippen molar-refractivity contribution < 1.29 is 102 Å². The highest BCUT2D eigenvalue weighted by Crippen LogP contribution is 2.12. The number of hydrogen-bond donors (Lipinski definition) is 20. The number of carbonyl (C=O) groups is 18. The lowest BCUT2D eigenvalue weighted by atomic mass is 10.0. The van der Waals surface area contributed by atoms with Crippen LogP contribution in [0.2, 0.25) is 0 Å². The summed E-state index contributed by atoms with van der Waals surface area (Å²) in [4.78, 5) is 248. The van der Waals surface area contributed by atoms with E-state index in [1.54, 1.807) is 0 Å². The second-order valence-corrected chi connectivity index (χ2v) is 28.8. The number of guanidine groups is 3. The third-order valence-electron chi connectivity index (χ3n) is 18.1. The second-order valence-electron chi connectivity index (χ2n) is 28.8. The Hall–Kier alpha value is -14.2. The zero-order valence-corrected chi connectivity index (χ0v) is 70.2. The SMILES string of the molecule is NC(=O)[C@H](CCNC(=O)CN(CCNC(=O)CN(C[C@@H](N)Cc1ccccc1)C(=O)CCN=C(N)N)C(=O)CC(=O)O)NC(=O)CN(CCNC(=O)CN(C[C@@H](N)Cc1ccccc1)C(=O)CCN=C(N)N)C(=O)CC(=O)O.NCCCC(=O)N1CCNC(=O)CN(C(=O)CC(=O)O)CCNC(=O)CN(C(=O)CCN=C(N)N)C[C@H](Cc2ccccc2)NC(=O)C1. The molecule has 3 aromatic carbocycles. The zero-order valence-electron chi connectivity index (χ0n) is 70.2. The Kier molecular flexibility index (Phi) is 49.4. The first-order valence-electron chi connectivity index (χ1n) is 40.1. The summed E-state index contributed by atoms with van der Waals surface area (Å²) in [5.41, 5.74) is 58.6. The highest BCUT2D eigenvalue weighted by Gasteiger charge is 2.31. The van der Waals surface area contributed by atoms with Crippen molar-refractivity contribution in [3.63, 3.8) is 0 Å². The van der Waals surface area contributed by atoms with Crippen LogP contribution >= 0.6 is 0 Å². The quantitative estimate of drug-likeness (QED) is 0.0142. The van der Waals surface area contributed by atoms with Crippen molar-refractivity contribution in [1.29, 1.82) is 0 Å². The summed E-state index contributed by atoms with van der Waals surface area (Å²) >= 11 is 0. The lowest BCUT2D eigenvalue weighted by Gasteiger charge is -2.30. The molecule has 3 aromatic rings. The minimum atomic E-state index is -1.53. The van der Waals surface area contributed by atoms with Crippen molar-refractivity contribution in [3.05, 3.63) is 108 Å². The predicted molar refractivity (Wildman–Crippen MR) is 456 cm³/mol. The van der Waals surface area contributed by atoms with Crippen molar-refractivity contribution in [1.82, 2.24) is 71.5 Å². The molecule has 48 nitrogen and oxygen atoms in total. The molecule has 15 amide bonds. The molecule has 1 aliphatic rings. The van der Waals surface area contributed by atoms with Gasteiger partial charge in [-0.25, -0.2) is 0 Å². The largest absolute Gasteiger partial charge is 0.481 e. The number of benzene rings is 3. The van der Waals surface area contributed by atoms with Gasteiger partial charge in [-0.2, -0.15) is 0 Å². The van der Waals surface area contributed by atoms with Gasteiger partial charge in [0.2, 0.25) is 88.6 Å². The molecule has 0 aromatic heterocycles. The molecule has 1 aliphatic heterocycles. The van der Waals surface area contributed by atoms with Crippen LogP contribution in [0, 0.1) is 0 Å². The van der Waals surface area contributed by atoms with Crippen LogP contribution in [0.15, 0.2) is 106 Å². The molecule has 1 saturated heterocycles. The lowest BCUT2D eigenvalue weighted by molar-refractivity contribution is -0.147. The van der Waals surface area contributed by atoms with Gasteiger partial charge in [-0.1, -0.05) is 91.0 Å². The number of aliphatic imine (C=N–C) groups is 3. The number of nitrogens with two attached hydrogens (primary N) is 10. The van der Waals surface area contributed by atoms with Gasteiger partial charge in [0.05, 0.1) is 71.5 Å². The van der Waals surface area contributed by atoms with Crippen molar-refractivity contribution in [3.8, 4) is 0 Å². The Balaban J connectivity index is 0.000000728. The van der Waals surface area contributed by atoms with E-state index in [1.165, 1.54) is 19.6 Å². The number of aliphatic carboxylic acids is 3. The minimum absolute atomic E-state index is 0.0247. The van der Waals surface area contributed by atoms with Crippen molar-refractivity contribution in [2.75, 3.05) is 151 Å². The molecular weight excluding hydrogens is 1650 g/mol. The standard InChI is InChI=1S/C48H73N17O13.C30H46N10O8/c49-33(21-31-7-3-1-4-8-31)25-64(40(70)12-15-59-47(52)53)28-37(67)57-17-19-62(42(72)23-44(74)75)27-36(66)56-14-11-35(46(51)78)61-39(69)30-63(43(73)24-45(76)77)20-18-58-38(68)29-65(41(71)13-16-60-48(54)55)26-34(50)22-32-9-5-2-6-10-32;31-9-4-7-26(44)38-13-11-34-23(41)18-39(28(46)16-29(47)48)14-12-35-24(42)19-40(27(45)8-10-36-30(32)33)17-22(37-25(43)20-38)15-21-5-2-1-3-6-21/h1-10,33-35H,11-30,49-50H2,(H2,51,78)(H,56,66)(H,57,67)(H,58,68)(H,61,69)(H,74,75)(H,76,77)(H4,52,53,59)(H4,54,55,60);1-3,5-6,22H,4,7-20,31H2,(H,34,41)(H,35,42)(H,37,43)(H,47,48)(H4,32,33,36)/t33-,34-,35-;22-/m00/s1.